The number of benzene rings is 1. The van der Waals surface area contributed by atoms with Crippen molar-refractivity contribution in [3.63, 3.8) is 0 Å². The molecular formula is C15H18N4O3. The second-order valence-corrected chi connectivity index (χ2v) is 4.38. The Hall–Kier alpha value is -2.67. The van der Waals surface area contributed by atoms with E-state index >= 15 is 0 Å². The summed E-state index contributed by atoms with van der Waals surface area (Å²) in [6, 6.07) is 8.71. The highest BCUT2D eigenvalue weighted by Gasteiger charge is 2.06. The Morgan fingerprint density at radius 1 is 1.27 bits per heavy atom. The van der Waals surface area contributed by atoms with Gasteiger partial charge in [-0.2, -0.15) is 4.98 Å². The number of hydrogen-bond donors (Lipinski definition) is 2. The topological polar surface area (TPSA) is 85.4 Å². The van der Waals surface area contributed by atoms with Crippen molar-refractivity contribution in [3.8, 4) is 0 Å². The first-order chi connectivity index (χ1) is 10.7. The van der Waals surface area contributed by atoms with Gasteiger partial charge in [0.1, 0.15) is 5.82 Å². The number of carbonyl (C=O) groups is 1. The molecule has 2 N–H and O–H groups in total. The molecular weight excluding hydrogens is 284 g/mol. The number of anilines is 3. The SMILES string of the molecule is COCCNc1ccnc(Nc2cccc(C(=O)OC)c2)n1. The molecule has 0 saturated heterocycles. The van der Waals surface area contributed by atoms with Gasteiger partial charge in [-0.1, -0.05) is 6.07 Å². The highest BCUT2D eigenvalue weighted by molar-refractivity contribution is 5.90. The van der Waals surface area contributed by atoms with Crippen LogP contribution in [0, 0.1) is 0 Å². The standard InChI is InChI=1S/C15H18N4O3/c1-21-9-8-16-13-6-7-17-15(19-13)18-12-5-3-4-11(10-12)14(20)22-2/h3-7,10H,8-9H2,1-2H3,(H2,16,17,18,19). The van der Waals surface area contributed by atoms with Gasteiger partial charge in [-0.25, -0.2) is 9.78 Å². The summed E-state index contributed by atoms with van der Waals surface area (Å²) in [7, 11) is 2.99. The molecule has 1 aromatic heterocycles. The molecule has 0 fully saturated rings. The van der Waals surface area contributed by atoms with Crippen molar-refractivity contribution >= 4 is 23.4 Å². The molecule has 1 aromatic carbocycles. The normalized spacial score (nSPS) is 10.1. The second kappa shape index (κ2) is 7.94. The largest absolute Gasteiger partial charge is 0.465 e. The van der Waals surface area contributed by atoms with E-state index < -0.39 is 0 Å². The molecule has 7 nitrogen and oxygen atoms in total. The maximum absolute atomic E-state index is 11.5. The van der Waals surface area contributed by atoms with Crippen molar-refractivity contribution in [2.24, 2.45) is 0 Å². The van der Waals surface area contributed by atoms with Gasteiger partial charge in [-0.15, -0.1) is 0 Å². The number of ether oxygens (including phenoxy) is 2. The fraction of sp³-hybridized carbons (Fsp3) is 0.267. The summed E-state index contributed by atoms with van der Waals surface area (Å²) in [5.74, 6) is 0.739. The van der Waals surface area contributed by atoms with Gasteiger partial charge in [-0.05, 0) is 24.3 Å². The van der Waals surface area contributed by atoms with E-state index in [0.29, 0.717) is 36.2 Å². The Balaban J connectivity index is 2.07. The van der Waals surface area contributed by atoms with Gasteiger partial charge in [0.15, 0.2) is 0 Å². The van der Waals surface area contributed by atoms with E-state index in [1.165, 1.54) is 7.11 Å². The van der Waals surface area contributed by atoms with Crippen molar-refractivity contribution in [1.29, 1.82) is 0 Å². The van der Waals surface area contributed by atoms with Crippen molar-refractivity contribution in [2.75, 3.05) is 38.0 Å². The van der Waals surface area contributed by atoms with Crippen LogP contribution in [-0.2, 0) is 9.47 Å². The van der Waals surface area contributed by atoms with E-state index in [1.54, 1.807) is 37.6 Å². The lowest BCUT2D eigenvalue weighted by atomic mass is 10.2. The average molecular weight is 302 g/mol. The van der Waals surface area contributed by atoms with Gasteiger partial charge in [0, 0.05) is 25.5 Å². The number of nitrogens with zero attached hydrogens (tertiary/aromatic N) is 2. The average Bonchev–Trinajstić information content (AvgIpc) is 2.55. The van der Waals surface area contributed by atoms with Crippen LogP contribution in [0.3, 0.4) is 0 Å². The van der Waals surface area contributed by atoms with Crippen LogP contribution in [0.5, 0.6) is 0 Å². The molecule has 2 aromatic rings. The third kappa shape index (κ3) is 4.42. The number of hydrogen-bond acceptors (Lipinski definition) is 7. The maximum atomic E-state index is 11.5. The molecule has 0 radical (unpaired) electrons. The molecule has 0 amide bonds. The molecule has 0 aliphatic heterocycles. The van der Waals surface area contributed by atoms with Gasteiger partial charge in [0.05, 0.1) is 19.3 Å². The lowest BCUT2D eigenvalue weighted by Gasteiger charge is -2.08. The zero-order valence-corrected chi connectivity index (χ0v) is 12.5. The third-order valence-corrected chi connectivity index (χ3v) is 2.81. The molecule has 0 saturated carbocycles. The summed E-state index contributed by atoms with van der Waals surface area (Å²) < 4.78 is 9.67. The quantitative estimate of drug-likeness (QED) is 0.598. The number of carbonyl (C=O) groups excluding carboxylic acids is 1. The Bertz CT molecular complexity index is 634. The number of rotatable bonds is 7. The van der Waals surface area contributed by atoms with E-state index in [-0.39, 0.29) is 5.97 Å². The lowest BCUT2D eigenvalue weighted by molar-refractivity contribution is 0.0601. The molecule has 7 heteroatoms. The Morgan fingerprint density at radius 3 is 2.91 bits per heavy atom. The minimum atomic E-state index is -0.389. The minimum Gasteiger partial charge on any atom is -0.465 e. The number of methoxy groups -OCH3 is 2. The number of nitrogens with one attached hydrogen (secondary N) is 2. The van der Waals surface area contributed by atoms with E-state index in [9.17, 15) is 4.79 Å². The molecule has 1 heterocycles. The molecule has 2 rings (SSSR count). The molecule has 0 unspecified atom stereocenters. The summed E-state index contributed by atoms with van der Waals surface area (Å²) in [6.07, 6.45) is 1.65. The van der Waals surface area contributed by atoms with Crippen LogP contribution in [0.2, 0.25) is 0 Å². The van der Waals surface area contributed by atoms with Crippen molar-refractivity contribution in [1.82, 2.24) is 9.97 Å². The van der Waals surface area contributed by atoms with Crippen LogP contribution in [0.25, 0.3) is 0 Å². The lowest BCUT2D eigenvalue weighted by Crippen LogP contribution is -2.09. The predicted octanol–water partition coefficient (Wildman–Crippen LogP) is 2.07. The van der Waals surface area contributed by atoms with E-state index in [0.717, 1.165) is 0 Å². The van der Waals surface area contributed by atoms with E-state index in [4.69, 9.17) is 9.47 Å². The van der Waals surface area contributed by atoms with Crippen LogP contribution in [0.4, 0.5) is 17.5 Å². The summed E-state index contributed by atoms with van der Waals surface area (Å²) in [4.78, 5) is 20.0. The van der Waals surface area contributed by atoms with Gasteiger partial charge >= 0.3 is 5.97 Å². The Morgan fingerprint density at radius 2 is 2.14 bits per heavy atom. The zero-order chi connectivity index (χ0) is 15.8. The maximum Gasteiger partial charge on any atom is 0.337 e. The highest BCUT2D eigenvalue weighted by Crippen LogP contribution is 2.16. The summed E-state index contributed by atoms with van der Waals surface area (Å²) in [5, 5.41) is 6.17. The third-order valence-electron chi connectivity index (χ3n) is 2.81. The van der Waals surface area contributed by atoms with Crippen molar-refractivity contribution in [2.45, 2.75) is 0 Å². The molecule has 0 bridgehead atoms. The van der Waals surface area contributed by atoms with Crippen LogP contribution in [-0.4, -0.2) is 43.3 Å². The van der Waals surface area contributed by atoms with Crippen LogP contribution in [0.1, 0.15) is 10.4 Å². The van der Waals surface area contributed by atoms with Crippen LogP contribution < -0.4 is 10.6 Å². The van der Waals surface area contributed by atoms with Gasteiger partial charge in [0.25, 0.3) is 0 Å². The summed E-state index contributed by atoms with van der Waals surface area (Å²) >= 11 is 0. The fourth-order valence-electron chi connectivity index (χ4n) is 1.77. The monoisotopic (exact) mass is 302 g/mol. The molecule has 116 valence electrons. The van der Waals surface area contributed by atoms with E-state index in [2.05, 4.69) is 20.6 Å². The molecule has 0 aliphatic carbocycles. The van der Waals surface area contributed by atoms with Gasteiger partial charge < -0.3 is 20.1 Å². The van der Waals surface area contributed by atoms with Crippen LogP contribution in [0.15, 0.2) is 36.5 Å². The highest BCUT2D eigenvalue weighted by atomic mass is 16.5. The van der Waals surface area contributed by atoms with Crippen LogP contribution >= 0.6 is 0 Å². The molecule has 0 atom stereocenters. The fourth-order valence-corrected chi connectivity index (χ4v) is 1.77. The number of esters is 1. The molecule has 0 aliphatic rings. The Labute approximate surface area is 128 Å². The predicted molar refractivity (Wildman–Crippen MR) is 83.5 cm³/mol. The first-order valence-electron chi connectivity index (χ1n) is 6.74. The summed E-state index contributed by atoms with van der Waals surface area (Å²) in [5.41, 5.74) is 1.17. The minimum absolute atomic E-state index is 0.389. The molecule has 0 spiro atoms. The van der Waals surface area contributed by atoms with Gasteiger partial charge in [-0.3, -0.25) is 0 Å². The van der Waals surface area contributed by atoms with Crippen molar-refractivity contribution in [3.05, 3.63) is 42.1 Å². The number of aromatic nitrogens is 2. The van der Waals surface area contributed by atoms with E-state index in [1.807, 2.05) is 6.07 Å². The molecule has 22 heavy (non-hydrogen) atoms. The van der Waals surface area contributed by atoms with Crippen molar-refractivity contribution < 1.29 is 14.3 Å². The Kier molecular flexibility index (Phi) is 5.67. The van der Waals surface area contributed by atoms with Gasteiger partial charge in [0.2, 0.25) is 5.95 Å². The first-order valence-corrected chi connectivity index (χ1v) is 6.74. The smallest absolute Gasteiger partial charge is 0.337 e. The zero-order valence-electron chi connectivity index (χ0n) is 12.5. The first kappa shape index (κ1) is 15.7. The summed E-state index contributed by atoms with van der Waals surface area (Å²) in [6.45, 7) is 1.25. The second-order valence-electron chi connectivity index (χ2n) is 4.38.